The van der Waals surface area contributed by atoms with Gasteiger partial charge in [0.1, 0.15) is 11.5 Å². The fraction of sp³-hybridized carbons (Fsp3) is 0.375. The molecular formula is C16H19N5O3. The molecule has 3 heterocycles. The lowest BCUT2D eigenvalue weighted by atomic mass is 10.2. The number of aryl methyl sites for hydroxylation is 1. The van der Waals surface area contributed by atoms with E-state index in [1.807, 2.05) is 19.1 Å². The number of nitrogens with zero attached hydrogens (tertiary/aromatic N) is 4. The predicted octanol–water partition coefficient (Wildman–Crippen LogP) is 0.904. The van der Waals surface area contributed by atoms with E-state index in [2.05, 4.69) is 15.3 Å². The van der Waals surface area contributed by atoms with Crippen molar-refractivity contribution in [1.82, 2.24) is 19.8 Å². The summed E-state index contributed by atoms with van der Waals surface area (Å²) in [6, 6.07) is 5.33. The molecule has 3 rings (SSSR count). The molecule has 126 valence electrons. The smallest absolute Gasteiger partial charge is 0.272 e. The highest BCUT2D eigenvalue weighted by molar-refractivity contribution is 5.92. The molecule has 1 aliphatic rings. The van der Waals surface area contributed by atoms with Crippen molar-refractivity contribution >= 4 is 18.3 Å². The SMILES string of the molecule is Cc1cc(C(=O)N2CCN(C=O)CC2)nc(NCc2ccco2)n1. The maximum absolute atomic E-state index is 12.6. The van der Waals surface area contributed by atoms with E-state index in [0.29, 0.717) is 50.1 Å². The largest absolute Gasteiger partial charge is 0.467 e. The molecule has 1 saturated heterocycles. The number of carbonyl (C=O) groups excluding carboxylic acids is 2. The molecule has 0 aliphatic carbocycles. The highest BCUT2D eigenvalue weighted by Gasteiger charge is 2.23. The summed E-state index contributed by atoms with van der Waals surface area (Å²) in [6.07, 6.45) is 2.41. The fourth-order valence-electron chi connectivity index (χ4n) is 2.53. The number of carbonyl (C=O) groups is 2. The second-order valence-corrected chi connectivity index (χ2v) is 5.58. The first-order valence-corrected chi connectivity index (χ1v) is 7.76. The maximum atomic E-state index is 12.6. The van der Waals surface area contributed by atoms with Crippen LogP contribution < -0.4 is 5.32 Å². The summed E-state index contributed by atoms with van der Waals surface area (Å²) < 4.78 is 5.25. The molecule has 0 aromatic carbocycles. The Morgan fingerprint density at radius 2 is 2.12 bits per heavy atom. The monoisotopic (exact) mass is 329 g/mol. The van der Waals surface area contributed by atoms with Crippen molar-refractivity contribution in [1.29, 1.82) is 0 Å². The molecule has 0 atom stereocenters. The van der Waals surface area contributed by atoms with Crippen molar-refractivity contribution in [2.24, 2.45) is 0 Å². The minimum atomic E-state index is -0.146. The van der Waals surface area contributed by atoms with Gasteiger partial charge in [-0.25, -0.2) is 9.97 Å². The number of aromatic nitrogens is 2. The molecule has 1 fully saturated rings. The molecule has 24 heavy (non-hydrogen) atoms. The molecule has 0 bridgehead atoms. The second-order valence-electron chi connectivity index (χ2n) is 5.58. The van der Waals surface area contributed by atoms with Crippen LogP contribution >= 0.6 is 0 Å². The fourth-order valence-corrected chi connectivity index (χ4v) is 2.53. The topological polar surface area (TPSA) is 91.6 Å². The van der Waals surface area contributed by atoms with Crippen LogP contribution in [0.5, 0.6) is 0 Å². The number of piperazine rings is 1. The molecule has 2 aromatic heterocycles. The lowest BCUT2D eigenvalue weighted by Crippen LogP contribution is -2.48. The third-order valence-corrected chi connectivity index (χ3v) is 3.82. The normalized spacial score (nSPS) is 14.5. The summed E-state index contributed by atoms with van der Waals surface area (Å²) in [5.74, 6) is 1.01. The number of hydrogen-bond acceptors (Lipinski definition) is 6. The van der Waals surface area contributed by atoms with E-state index in [1.165, 1.54) is 0 Å². The van der Waals surface area contributed by atoms with E-state index in [1.54, 1.807) is 22.1 Å². The van der Waals surface area contributed by atoms with Gasteiger partial charge in [0.2, 0.25) is 12.4 Å². The Hall–Kier alpha value is -2.90. The van der Waals surface area contributed by atoms with E-state index in [-0.39, 0.29) is 5.91 Å². The first-order chi connectivity index (χ1) is 11.7. The Balaban J connectivity index is 1.68. The van der Waals surface area contributed by atoms with Crippen LogP contribution in [0.1, 0.15) is 21.9 Å². The Morgan fingerprint density at radius 3 is 2.79 bits per heavy atom. The lowest BCUT2D eigenvalue weighted by Gasteiger charge is -2.32. The molecular weight excluding hydrogens is 310 g/mol. The van der Waals surface area contributed by atoms with Gasteiger partial charge in [-0.2, -0.15) is 0 Å². The van der Waals surface area contributed by atoms with E-state index >= 15 is 0 Å². The van der Waals surface area contributed by atoms with Crippen molar-refractivity contribution < 1.29 is 14.0 Å². The third kappa shape index (κ3) is 3.70. The average molecular weight is 329 g/mol. The van der Waals surface area contributed by atoms with Crippen LogP contribution in [0, 0.1) is 6.92 Å². The number of anilines is 1. The number of rotatable bonds is 5. The van der Waals surface area contributed by atoms with Gasteiger partial charge in [0.25, 0.3) is 5.91 Å². The van der Waals surface area contributed by atoms with Crippen LogP contribution in [0.15, 0.2) is 28.9 Å². The summed E-state index contributed by atoms with van der Waals surface area (Å²) in [6.45, 7) is 4.38. The number of amides is 2. The van der Waals surface area contributed by atoms with Gasteiger partial charge in [-0.05, 0) is 25.1 Å². The zero-order valence-electron chi connectivity index (χ0n) is 13.4. The Kier molecular flexibility index (Phi) is 4.74. The van der Waals surface area contributed by atoms with Gasteiger partial charge in [0.05, 0.1) is 12.8 Å². The van der Waals surface area contributed by atoms with Crippen molar-refractivity contribution in [3.63, 3.8) is 0 Å². The Bertz CT molecular complexity index is 709. The van der Waals surface area contributed by atoms with Gasteiger partial charge in [-0.3, -0.25) is 9.59 Å². The van der Waals surface area contributed by atoms with E-state index in [0.717, 1.165) is 12.2 Å². The Labute approximate surface area is 139 Å². The van der Waals surface area contributed by atoms with Crippen molar-refractivity contribution in [3.8, 4) is 0 Å². The number of nitrogens with one attached hydrogen (secondary N) is 1. The molecule has 1 aliphatic heterocycles. The molecule has 8 heteroatoms. The van der Waals surface area contributed by atoms with E-state index in [4.69, 9.17) is 4.42 Å². The number of hydrogen-bond donors (Lipinski definition) is 1. The lowest BCUT2D eigenvalue weighted by molar-refractivity contribution is -0.119. The second kappa shape index (κ2) is 7.12. The van der Waals surface area contributed by atoms with Crippen molar-refractivity contribution in [3.05, 3.63) is 41.6 Å². The molecule has 0 saturated carbocycles. The van der Waals surface area contributed by atoms with Crippen molar-refractivity contribution in [2.45, 2.75) is 13.5 Å². The molecule has 2 amide bonds. The summed E-state index contributed by atoms with van der Waals surface area (Å²) in [7, 11) is 0. The molecule has 0 radical (unpaired) electrons. The highest BCUT2D eigenvalue weighted by Crippen LogP contribution is 2.11. The minimum absolute atomic E-state index is 0.146. The van der Waals surface area contributed by atoms with Gasteiger partial charge < -0.3 is 19.5 Å². The minimum Gasteiger partial charge on any atom is -0.467 e. The average Bonchev–Trinajstić information content (AvgIpc) is 3.12. The Morgan fingerprint density at radius 1 is 1.33 bits per heavy atom. The summed E-state index contributed by atoms with van der Waals surface area (Å²) in [4.78, 5) is 35.3. The summed E-state index contributed by atoms with van der Waals surface area (Å²) in [5.41, 5.74) is 1.06. The molecule has 2 aromatic rings. The van der Waals surface area contributed by atoms with Crippen LogP contribution in [0.3, 0.4) is 0 Å². The summed E-state index contributed by atoms with van der Waals surface area (Å²) in [5, 5.41) is 3.06. The van der Waals surface area contributed by atoms with Crippen LogP contribution in [-0.2, 0) is 11.3 Å². The maximum Gasteiger partial charge on any atom is 0.272 e. The standard InChI is InChI=1S/C16H19N5O3/c1-12-9-14(15(23)21-6-4-20(11-22)5-7-21)19-16(18-12)17-10-13-3-2-8-24-13/h2-3,8-9,11H,4-7,10H2,1H3,(H,17,18,19). The zero-order chi connectivity index (χ0) is 16.9. The van der Waals surface area contributed by atoms with Gasteiger partial charge in [-0.1, -0.05) is 0 Å². The van der Waals surface area contributed by atoms with Crippen LogP contribution in [0.2, 0.25) is 0 Å². The first-order valence-electron chi connectivity index (χ1n) is 7.76. The van der Waals surface area contributed by atoms with E-state index in [9.17, 15) is 9.59 Å². The predicted molar refractivity (Wildman–Crippen MR) is 86.3 cm³/mol. The van der Waals surface area contributed by atoms with Crippen molar-refractivity contribution in [2.75, 3.05) is 31.5 Å². The highest BCUT2D eigenvalue weighted by atomic mass is 16.3. The van der Waals surface area contributed by atoms with Crippen LogP contribution in [0.4, 0.5) is 5.95 Å². The van der Waals surface area contributed by atoms with Gasteiger partial charge in [0.15, 0.2) is 0 Å². The van der Waals surface area contributed by atoms with E-state index < -0.39 is 0 Å². The first kappa shape index (κ1) is 16.0. The van der Waals surface area contributed by atoms with Gasteiger partial charge in [-0.15, -0.1) is 0 Å². The molecule has 1 N–H and O–H groups in total. The quantitative estimate of drug-likeness (QED) is 0.820. The zero-order valence-corrected chi connectivity index (χ0v) is 13.4. The molecule has 0 spiro atoms. The van der Waals surface area contributed by atoms with Gasteiger partial charge >= 0.3 is 0 Å². The van der Waals surface area contributed by atoms with Gasteiger partial charge in [0, 0.05) is 31.9 Å². The molecule has 0 unspecified atom stereocenters. The number of furan rings is 1. The van der Waals surface area contributed by atoms with Crippen LogP contribution in [-0.4, -0.2) is 58.3 Å². The molecule has 8 nitrogen and oxygen atoms in total. The summed E-state index contributed by atoms with van der Waals surface area (Å²) >= 11 is 0. The van der Waals surface area contributed by atoms with Crippen LogP contribution in [0.25, 0.3) is 0 Å². The third-order valence-electron chi connectivity index (χ3n) is 3.82.